The van der Waals surface area contributed by atoms with Gasteiger partial charge in [0.2, 0.25) is 5.89 Å². The van der Waals surface area contributed by atoms with Crippen LogP contribution in [0, 0.1) is 6.92 Å². The predicted octanol–water partition coefficient (Wildman–Crippen LogP) is 2.40. The molecular formula is C10H14N4OS. The van der Waals surface area contributed by atoms with Crippen LogP contribution in [-0.4, -0.2) is 15.2 Å². The Hall–Kier alpha value is -1.43. The van der Waals surface area contributed by atoms with Gasteiger partial charge in [0.15, 0.2) is 0 Å². The molecule has 0 aromatic carbocycles. The molecule has 0 saturated carbocycles. The van der Waals surface area contributed by atoms with Crippen LogP contribution < -0.4 is 5.32 Å². The first-order valence-electron chi connectivity index (χ1n) is 5.24. The number of aryl methyl sites for hydroxylation is 2. The number of thiazole rings is 1. The highest BCUT2D eigenvalue weighted by Gasteiger charge is 2.06. The molecule has 16 heavy (non-hydrogen) atoms. The highest BCUT2D eigenvalue weighted by molar-refractivity contribution is 7.09. The van der Waals surface area contributed by atoms with Gasteiger partial charge in [0.1, 0.15) is 0 Å². The average molecular weight is 238 g/mol. The molecule has 86 valence electrons. The molecule has 0 amide bonds. The van der Waals surface area contributed by atoms with Crippen LogP contribution in [0.25, 0.3) is 0 Å². The minimum Gasteiger partial charge on any atom is -0.408 e. The van der Waals surface area contributed by atoms with Crippen LogP contribution in [0.5, 0.6) is 0 Å². The number of nitrogens with one attached hydrogen (secondary N) is 1. The van der Waals surface area contributed by atoms with Gasteiger partial charge in [-0.1, -0.05) is 12.0 Å². The van der Waals surface area contributed by atoms with Crippen LogP contribution in [0.15, 0.2) is 9.93 Å². The quantitative estimate of drug-likeness (QED) is 0.866. The summed E-state index contributed by atoms with van der Waals surface area (Å²) in [6.07, 6.45) is 1.84. The fraction of sp³-hybridized carbons (Fsp3) is 0.500. The summed E-state index contributed by atoms with van der Waals surface area (Å²) < 4.78 is 5.41. The first-order valence-corrected chi connectivity index (χ1v) is 6.12. The van der Waals surface area contributed by atoms with Gasteiger partial charge in [0, 0.05) is 11.3 Å². The lowest BCUT2D eigenvalue weighted by molar-refractivity contribution is 0.501. The summed E-state index contributed by atoms with van der Waals surface area (Å²) in [5.41, 5.74) is 2.88. The Bertz CT molecular complexity index is 451. The molecular weight excluding hydrogens is 224 g/mol. The zero-order chi connectivity index (χ0) is 11.4. The number of hydrogen-bond acceptors (Lipinski definition) is 6. The second-order valence-corrected chi connectivity index (χ2v) is 4.40. The highest BCUT2D eigenvalue weighted by atomic mass is 32.1. The van der Waals surface area contributed by atoms with Crippen LogP contribution in [0.4, 0.5) is 6.01 Å². The van der Waals surface area contributed by atoms with Gasteiger partial charge in [0.25, 0.3) is 0 Å². The lowest BCUT2D eigenvalue weighted by Crippen LogP contribution is -1.99. The Kier molecular flexibility index (Phi) is 3.51. The molecule has 0 radical (unpaired) electrons. The van der Waals surface area contributed by atoms with Gasteiger partial charge in [-0.05, 0) is 13.3 Å². The van der Waals surface area contributed by atoms with Crippen LogP contribution in [-0.2, 0) is 13.0 Å². The largest absolute Gasteiger partial charge is 0.408 e. The van der Waals surface area contributed by atoms with Crippen molar-refractivity contribution < 1.29 is 4.42 Å². The van der Waals surface area contributed by atoms with Crippen LogP contribution in [0.2, 0.25) is 0 Å². The third-order valence-corrected chi connectivity index (χ3v) is 3.11. The van der Waals surface area contributed by atoms with E-state index < -0.39 is 0 Å². The minimum atomic E-state index is 0.483. The molecule has 2 aromatic heterocycles. The van der Waals surface area contributed by atoms with E-state index in [4.69, 9.17) is 4.42 Å². The summed E-state index contributed by atoms with van der Waals surface area (Å²) in [7, 11) is 0. The first kappa shape index (κ1) is 11.1. The SMILES string of the molecule is CCCc1nnc(NCc2scnc2C)o1. The molecule has 0 aliphatic rings. The molecule has 0 aliphatic heterocycles. The van der Waals surface area contributed by atoms with E-state index in [2.05, 4.69) is 27.4 Å². The Morgan fingerprint density at radius 2 is 2.31 bits per heavy atom. The second kappa shape index (κ2) is 5.07. The van der Waals surface area contributed by atoms with Crippen molar-refractivity contribution in [3.63, 3.8) is 0 Å². The monoisotopic (exact) mass is 238 g/mol. The molecule has 0 unspecified atom stereocenters. The van der Waals surface area contributed by atoms with Crippen LogP contribution in [0.1, 0.15) is 29.8 Å². The first-order chi connectivity index (χ1) is 7.79. The van der Waals surface area contributed by atoms with Crippen molar-refractivity contribution in [1.82, 2.24) is 15.2 Å². The van der Waals surface area contributed by atoms with Gasteiger partial charge in [0.05, 0.1) is 17.7 Å². The Morgan fingerprint density at radius 3 is 3.00 bits per heavy atom. The van der Waals surface area contributed by atoms with Crippen molar-refractivity contribution >= 4 is 17.4 Å². The van der Waals surface area contributed by atoms with E-state index in [1.165, 1.54) is 4.88 Å². The number of rotatable bonds is 5. The zero-order valence-electron chi connectivity index (χ0n) is 9.36. The normalized spacial score (nSPS) is 10.6. The summed E-state index contributed by atoms with van der Waals surface area (Å²) in [5, 5.41) is 11.0. The van der Waals surface area contributed by atoms with Gasteiger partial charge in [-0.15, -0.1) is 16.4 Å². The average Bonchev–Trinajstić information content (AvgIpc) is 2.86. The van der Waals surface area contributed by atoms with E-state index in [0.717, 1.165) is 18.5 Å². The molecule has 0 saturated heterocycles. The van der Waals surface area contributed by atoms with E-state index in [9.17, 15) is 0 Å². The predicted molar refractivity (Wildman–Crippen MR) is 62.5 cm³/mol. The second-order valence-electron chi connectivity index (χ2n) is 3.47. The van der Waals surface area contributed by atoms with Crippen molar-refractivity contribution in [3.8, 4) is 0 Å². The fourth-order valence-electron chi connectivity index (χ4n) is 1.29. The van der Waals surface area contributed by atoms with Crippen LogP contribution >= 0.6 is 11.3 Å². The zero-order valence-corrected chi connectivity index (χ0v) is 10.2. The Balaban J connectivity index is 1.92. The van der Waals surface area contributed by atoms with E-state index >= 15 is 0 Å². The molecule has 0 bridgehead atoms. The summed E-state index contributed by atoms with van der Waals surface area (Å²) >= 11 is 1.62. The Morgan fingerprint density at radius 1 is 1.44 bits per heavy atom. The molecule has 0 fully saturated rings. The molecule has 0 atom stereocenters. The van der Waals surface area contributed by atoms with E-state index in [1.54, 1.807) is 11.3 Å². The van der Waals surface area contributed by atoms with Crippen molar-refractivity contribution in [2.45, 2.75) is 33.2 Å². The van der Waals surface area contributed by atoms with Crippen molar-refractivity contribution in [3.05, 3.63) is 22.0 Å². The fourth-order valence-corrected chi connectivity index (χ4v) is 2.01. The molecule has 2 aromatic rings. The van der Waals surface area contributed by atoms with Crippen molar-refractivity contribution in [1.29, 1.82) is 0 Å². The van der Waals surface area contributed by atoms with Gasteiger partial charge in [-0.3, -0.25) is 0 Å². The molecule has 5 nitrogen and oxygen atoms in total. The molecule has 2 heterocycles. The number of nitrogens with zero attached hydrogens (tertiary/aromatic N) is 3. The molecule has 0 spiro atoms. The standard InChI is InChI=1S/C10H14N4OS/c1-3-4-9-13-14-10(15-9)11-5-8-7(2)12-6-16-8/h6H,3-5H2,1-2H3,(H,11,14). The van der Waals surface area contributed by atoms with Gasteiger partial charge in [-0.25, -0.2) is 4.98 Å². The lowest BCUT2D eigenvalue weighted by Gasteiger charge is -1.98. The van der Waals surface area contributed by atoms with E-state index in [1.807, 2.05) is 12.4 Å². The van der Waals surface area contributed by atoms with Crippen LogP contribution in [0.3, 0.4) is 0 Å². The molecule has 0 aliphatic carbocycles. The van der Waals surface area contributed by atoms with E-state index in [0.29, 0.717) is 18.5 Å². The van der Waals surface area contributed by atoms with Crippen molar-refractivity contribution in [2.75, 3.05) is 5.32 Å². The number of hydrogen-bond donors (Lipinski definition) is 1. The van der Waals surface area contributed by atoms with Gasteiger partial charge in [-0.2, -0.15) is 0 Å². The summed E-state index contributed by atoms with van der Waals surface area (Å²) in [5.74, 6) is 0.686. The van der Waals surface area contributed by atoms with E-state index in [-0.39, 0.29) is 0 Å². The van der Waals surface area contributed by atoms with Crippen molar-refractivity contribution in [2.24, 2.45) is 0 Å². The molecule has 1 N–H and O–H groups in total. The smallest absolute Gasteiger partial charge is 0.315 e. The number of anilines is 1. The van der Waals surface area contributed by atoms with Gasteiger partial charge < -0.3 is 9.73 Å². The third kappa shape index (κ3) is 2.57. The molecule has 2 rings (SSSR count). The van der Waals surface area contributed by atoms with Gasteiger partial charge >= 0.3 is 6.01 Å². The lowest BCUT2D eigenvalue weighted by atomic mass is 10.3. The maximum atomic E-state index is 5.41. The summed E-state index contributed by atoms with van der Waals surface area (Å²) in [4.78, 5) is 5.37. The summed E-state index contributed by atoms with van der Waals surface area (Å²) in [6.45, 7) is 4.76. The highest BCUT2D eigenvalue weighted by Crippen LogP contribution is 2.14. The third-order valence-electron chi connectivity index (χ3n) is 2.18. The minimum absolute atomic E-state index is 0.483. The maximum Gasteiger partial charge on any atom is 0.315 e. The Labute approximate surface area is 97.9 Å². The topological polar surface area (TPSA) is 63.8 Å². The summed E-state index contributed by atoms with van der Waals surface area (Å²) in [6, 6.07) is 0.483. The number of aromatic nitrogens is 3. The molecule has 6 heteroatoms. The maximum absolute atomic E-state index is 5.41.